The molecule has 94 valence electrons. The fraction of sp³-hybridized carbons (Fsp3) is 0.167. The summed E-state index contributed by atoms with van der Waals surface area (Å²) in [6.07, 6.45) is 3.37. The molecule has 0 saturated heterocycles. The van der Waals surface area contributed by atoms with Gasteiger partial charge in [-0.15, -0.1) is 0 Å². The highest BCUT2D eigenvalue weighted by Crippen LogP contribution is 2.20. The van der Waals surface area contributed by atoms with Gasteiger partial charge in [-0.2, -0.15) is 5.10 Å². The van der Waals surface area contributed by atoms with Crippen molar-refractivity contribution in [3.05, 3.63) is 45.3 Å². The Morgan fingerprint density at radius 2 is 2.33 bits per heavy atom. The fourth-order valence-electron chi connectivity index (χ4n) is 1.55. The van der Waals surface area contributed by atoms with E-state index in [1.807, 2.05) is 6.92 Å². The van der Waals surface area contributed by atoms with Gasteiger partial charge < -0.3 is 10.4 Å². The number of hydrogen-bond acceptors (Lipinski definition) is 3. The fourth-order valence-corrected chi connectivity index (χ4v) is 2.04. The van der Waals surface area contributed by atoms with Crippen molar-refractivity contribution in [3.63, 3.8) is 0 Å². The summed E-state index contributed by atoms with van der Waals surface area (Å²) in [4.78, 5) is 12.0. The summed E-state index contributed by atoms with van der Waals surface area (Å²) in [5.41, 5.74) is 1.16. The molecule has 1 unspecified atom stereocenters. The third-order valence-electron chi connectivity index (χ3n) is 2.57. The highest BCUT2D eigenvalue weighted by Gasteiger charge is 2.15. The molecule has 0 aliphatic carbocycles. The number of aromatic amines is 1. The van der Waals surface area contributed by atoms with E-state index in [4.69, 9.17) is 0 Å². The van der Waals surface area contributed by atoms with Gasteiger partial charge in [0.15, 0.2) is 0 Å². The Labute approximate surface area is 118 Å². The largest absolute Gasteiger partial charge is 0.507 e. The third kappa shape index (κ3) is 2.81. The van der Waals surface area contributed by atoms with Crippen molar-refractivity contribution >= 4 is 28.5 Å². The summed E-state index contributed by atoms with van der Waals surface area (Å²) < 4.78 is 0.895. The van der Waals surface area contributed by atoms with Crippen LogP contribution in [-0.2, 0) is 0 Å². The third-order valence-corrected chi connectivity index (χ3v) is 3.24. The zero-order chi connectivity index (χ0) is 13.1. The molecule has 2 rings (SSSR count). The van der Waals surface area contributed by atoms with E-state index in [-0.39, 0.29) is 23.3 Å². The van der Waals surface area contributed by atoms with Crippen LogP contribution < -0.4 is 5.32 Å². The summed E-state index contributed by atoms with van der Waals surface area (Å²) in [6.45, 7) is 1.85. The van der Waals surface area contributed by atoms with Gasteiger partial charge in [-0.3, -0.25) is 9.89 Å². The molecule has 3 N–H and O–H groups in total. The number of nitrogens with zero attached hydrogens (tertiary/aromatic N) is 1. The number of carbonyl (C=O) groups is 1. The van der Waals surface area contributed by atoms with Crippen LogP contribution >= 0.6 is 22.6 Å². The first-order valence-electron chi connectivity index (χ1n) is 5.36. The maximum Gasteiger partial charge on any atom is 0.255 e. The number of halogens is 1. The van der Waals surface area contributed by atoms with Crippen LogP contribution in [0.2, 0.25) is 0 Å². The summed E-state index contributed by atoms with van der Waals surface area (Å²) in [7, 11) is 0. The molecule has 1 aromatic heterocycles. The first kappa shape index (κ1) is 12.9. The molecule has 1 atom stereocenters. The molecule has 0 bridgehead atoms. The standard InChI is InChI=1S/C12H12IN3O2/c1-7(8-5-14-15-6-8)16-12(18)10-4-9(13)2-3-11(10)17/h2-7,17H,1H3,(H,14,15)(H,16,18). The van der Waals surface area contributed by atoms with Gasteiger partial charge in [0.25, 0.3) is 5.91 Å². The average Bonchev–Trinajstić information content (AvgIpc) is 2.85. The molecule has 1 aromatic carbocycles. The van der Waals surface area contributed by atoms with Gasteiger partial charge in [-0.25, -0.2) is 0 Å². The van der Waals surface area contributed by atoms with E-state index in [9.17, 15) is 9.90 Å². The molecule has 0 aliphatic heterocycles. The molecule has 2 aromatic rings. The van der Waals surface area contributed by atoms with Crippen LogP contribution in [0.1, 0.15) is 28.9 Å². The first-order chi connectivity index (χ1) is 8.58. The molecule has 0 fully saturated rings. The number of amides is 1. The van der Waals surface area contributed by atoms with Crippen LogP contribution in [0.3, 0.4) is 0 Å². The molecule has 18 heavy (non-hydrogen) atoms. The van der Waals surface area contributed by atoms with Crippen LogP contribution in [0, 0.1) is 3.57 Å². The number of hydrogen-bond donors (Lipinski definition) is 3. The van der Waals surface area contributed by atoms with Crippen LogP contribution in [0.15, 0.2) is 30.6 Å². The van der Waals surface area contributed by atoms with E-state index in [2.05, 4.69) is 38.1 Å². The van der Waals surface area contributed by atoms with Crippen LogP contribution in [0.4, 0.5) is 0 Å². The Hall–Kier alpha value is -1.57. The van der Waals surface area contributed by atoms with Crippen molar-refractivity contribution in [2.45, 2.75) is 13.0 Å². The Bertz CT molecular complexity index is 554. The lowest BCUT2D eigenvalue weighted by Crippen LogP contribution is -2.26. The van der Waals surface area contributed by atoms with Crippen LogP contribution in [-0.4, -0.2) is 21.2 Å². The number of phenols is 1. The number of phenolic OH excluding ortho intramolecular Hbond substituents is 1. The van der Waals surface area contributed by atoms with Gasteiger partial charge in [0.2, 0.25) is 0 Å². The monoisotopic (exact) mass is 357 g/mol. The van der Waals surface area contributed by atoms with Gasteiger partial charge in [0.05, 0.1) is 17.8 Å². The predicted molar refractivity (Wildman–Crippen MR) is 75.3 cm³/mol. The highest BCUT2D eigenvalue weighted by molar-refractivity contribution is 14.1. The Morgan fingerprint density at radius 3 is 3.00 bits per heavy atom. The molecular formula is C12H12IN3O2. The molecule has 0 aliphatic rings. The van der Waals surface area contributed by atoms with E-state index >= 15 is 0 Å². The lowest BCUT2D eigenvalue weighted by Gasteiger charge is -2.12. The maximum absolute atomic E-state index is 12.0. The van der Waals surface area contributed by atoms with E-state index in [0.717, 1.165) is 9.13 Å². The molecular weight excluding hydrogens is 345 g/mol. The first-order valence-corrected chi connectivity index (χ1v) is 6.44. The minimum Gasteiger partial charge on any atom is -0.507 e. The number of benzene rings is 1. The number of H-pyrrole nitrogens is 1. The van der Waals surface area contributed by atoms with Crippen molar-refractivity contribution in [2.75, 3.05) is 0 Å². The molecule has 1 amide bonds. The Morgan fingerprint density at radius 1 is 1.56 bits per heavy atom. The topological polar surface area (TPSA) is 78.0 Å². The maximum atomic E-state index is 12.0. The SMILES string of the molecule is CC(NC(=O)c1cc(I)ccc1O)c1cn[nH]c1. The molecule has 1 heterocycles. The van der Waals surface area contributed by atoms with Gasteiger partial charge in [0.1, 0.15) is 5.75 Å². The second-order valence-corrected chi connectivity index (χ2v) is 5.13. The van der Waals surface area contributed by atoms with Crippen molar-refractivity contribution in [3.8, 4) is 5.75 Å². The molecule has 0 radical (unpaired) electrons. The van der Waals surface area contributed by atoms with Crippen molar-refractivity contribution < 1.29 is 9.90 Å². The lowest BCUT2D eigenvalue weighted by atomic mass is 10.1. The van der Waals surface area contributed by atoms with Crippen molar-refractivity contribution in [1.29, 1.82) is 0 Å². The predicted octanol–water partition coefficient (Wildman–Crippen LogP) is 2.21. The number of aromatic hydroxyl groups is 1. The average molecular weight is 357 g/mol. The van der Waals surface area contributed by atoms with E-state index < -0.39 is 0 Å². The highest BCUT2D eigenvalue weighted by atomic mass is 127. The van der Waals surface area contributed by atoms with Crippen molar-refractivity contribution in [2.24, 2.45) is 0 Å². The second kappa shape index (κ2) is 5.38. The molecule has 0 saturated carbocycles. The number of rotatable bonds is 3. The summed E-state index contributed by atoms with van der Waals surface area (Å²) in [6, 6.07) is 4.73. The zero-order valence-corrected chi connectivity index (χ0v) is 11.8. The lowest BCUT2D eigenvalue weighted by molar-refractivity contribution is 0.0937. The number of aromatic nitrogens is 2. The smallest absolute Gasteiger partial charge is 0.255 e. The number of nitrogens with one attached hydrogen (secondary N) is 2. The normalized spacial score (nSPS) is 12.1. The van der Waals surface area contributed by atoms with E-state index in [0.29, 0.717) is 0 Å². The molecule has 0 spiro atoms. The summed E-state index contributed by atoms with van der Waals surface area (Å²) in [5.74, 6) is -0.327. The van der Waals surface area contributed by atoms with Gasteiger partial charge >= 0.3 is 0 Å². The van der Waals surface area contributed by atoms with Crippen LogP contribution in [0.5, 0.6) is 5.75 Å². The van der Waals surface area contributed by atoms with Gasteiger partial charge in [-0.1, -0.05) is 0 Å². The molecule has 5 nitrogen and oxygen atoms in total. The van der Waals surface area contributed by atoms with Gasteiger partial charge in [0, 0.05) is 15.3 Å². The molecule has 6 heteroatoms. The van der Waals surface area contributed by atoms with E-state index in [1.54, 1.807) is 24.5 Å². The minimum atomic E-state index is -0.306. The quantitative estimate of drug-likeness (QED) is 0.737. The van der Waals surface area contributed by atoms with E-state index in [1.165, 1.54) is 6.07 Å². The Balaban J connectivity index is 2.15. The summed E-state index contributed by atoms with van der Waals surface area (Å²) in [5, 5.41) is 19.0. The van der Waals surface area contributed by atoms with Crippen LogP contribution in [0.25, 0.3) is 0 Å². The Kier molecular flexibility index (Phi) is 3.85. The minimum absolute atomic E-state index is 0.0210. The zero-order valence-electron chi connectivity index (χ0n) is 9.64. The summed E-state index contributed by atoms with van der Waals surface area (Å²) >= 11 is 2.09. The van der Waals surface area contributed by atoms with Crippen molar-refractivity contribution in [1.82, 2.24) is 15.5 Å². The van der Waals surface area contributed by atoms with Gasteiger partial charge in [-0.05, 0) is 47.7 Å². The second-order valence-electron chi connectivity index (χ2n) is 3.89. The number of carbonyl (C=O) groups excluding carboxylic acids is 1.